The maximum Gasteiger partial charge on any atom is 0.0535 e. The summed E-state index contributed by atoms with van der Waals surface area (Å²) in [6.07, 6.45) is 0. The Kier molecular flexibility index (Phi) is 11.6. The third-order valence-electron chi connectivity index (χ3n) is 16.2. The molecule has 0 fully saturated rings. The van der Waals surface area contributed by atoms with Crippen LogP contribution in [0.2, 0.25) is 0 Å². The molecule has 15 rings (SSSR count). The lowest BCUT2D eigenvalue weighted by Gasteiger charge is -2.22. The number of fused-ring (bicyclic) bond motifs is 4. The van der Waals surface area contributed by atoms with Gasteiger partial charge in [-0.2, -0.15) is 0 Å². The summed E-state index contributed by atoms with van der Waals surface area (Å²) in [4.78, 5) is 0. The molecule has 0 aliphatic heterocycles. The van der Waals surface area contributed by atoms with Crippen LogP contribution in [0.4, 0.5) is 0 Å². The van der Waals surface area contributed by atoms with Gasteiger partial charge in [-0.3, -0.25) is 0 Å². The fraction of sp³-hybridized carbons (Fsp3) is 0. The Morgan fingerprint density at radius 2 is 0.450 bits per heavy atom. The van der Waals surface area contributed by atoms with Gasteiger partial charge >= 0.3 is 0 Å². The van der Waals surface area contributed by atoms with Crippen LogP contribution in [0.3, 0.4) is 0 Å². The molecule has 0 atom stereocenters. The van der Waals surface area contributed by atoms with Gasteiger partial charge in [-0.05, 0) is 171 Å². The first-order valence-electron chi connectivity index (χ1n) is 27.6. The fourth-order valence-corrected chi connectivity index (χ4v) is 12.3. The van der Waals surface area contributed by atoms with E-state index in [1.54, 1.807) is 0 Å². The van der Waals surface area contributed by atoms with Gasteiger partial charge in [0.25, 0.3) is 0 Å². The third-order valence-corrected chi connectivity index (χ3v) is 16.2. The van der Waals surface area contributed by atoms with E-state index in [9.17, 15) is 0 Å². The predicted molar refractivity (Wildman–Crippen MR) is 339 cm³/mol. The highest BCUT2D eigenvalue weighted by Crippen LogP contribution is 2.47. The monoisotopic (exact) mass is 1020 g/mol. The molecule has 0 saturated carbocycles. The van der Waals surface area contributed by atoms with E-state index >= 15 is 0 Å². The standard InChI is InChI=1S/C78H52N2/c1-5-19-57(20-6-1)73-45-46-74(58-21-7-2-8-22-58)79(73)67-41-43-69-71(51-67)77(61-35-29-55(30-36-61)65-39-33-53-17-13-15-27-63(53)49-65)70-44-42-68(80-75(59-23-9-3-10-24-59)47-48-76(80)60-25-11-4-12-26-60)52-72(70)78(69)62-37-31-56(32-38-62)66-40-34-54-18-14-16-28-64(54)50-66/h1-52H. The Hall–Kier alpha value is -10.5. The maximum absolute atomic E-state index is 2.45. The van der Waals surface area contributed by atoms with Gasteiger partial charge in [0.2, 0.25) is 0 Å². The topological polar surface area (TPSA) is 9.86 Å². The summed E-state index contributed by atoms with van der Waals surface area (Å²) in [5.41, 5.74) is 20.8. The Morgan fingerprint density at radius 3 is 0.787 bits per heavy atom. The average molecular weight is 1020 g/mol. The summed E-state index contributed by atoms with van der Waals surface area (Å²) in [6, 6.07) is 116. The lowest BCUT2D eigenvalue weighted by atomic mass is 9.84. The first kappa shape index (κ1) is 46.7. The predicted octanol–water partition coefficient (Wildman–Crippen LogP) is 21.2. The van der Waals surface area contributed by atoms with Crippen LogP contribution in [0.1, 0.15) is 0 Å². The first-order valence-corrected chi connectivity index (χ1v) is 27.6. The summed E-state index contributed by atoms with van der Waals surface area (Å²) < 4.78 is 4.90. The highest BCUT2D eigenvalue weighted by atomic mass is 15.0. The molecule has 2 heteroatoms. The zero-order valence-electron chi connectivity index (χ0n) is 43.9. The largest absolute Gasteiger partial charge is 0.309 e. The quantitative estimate of drug-likeness (QED) is 0.121. The SMILES string of the molecule is c1ccc(-c2ccc(-c3ccccc3)n2-c2ccc3c(-c4ccc(-c5ccc6ccccc6c5)cc4)c4cc(-n5c(-c6ccccc6)ccc5-c5ccccc5)ccc4c(-c4ccc(-c5ccc6ccccc6c5)cc4)c3c2)cc1. The molecule has 2 nitrogen and oxygen atoms in total. The van der Waals surface area contributed by atoms with Gasteiger partial charge < -0.3 is 9.13 Å². The number of hydrogen-bond acceptors (Lipinski definition) is 0. The molecule has 0 aliphatic rings. The molecule has 2 aromatic heterocycles. The van der Waals surface area contributed by atoms with Gasteiger partial charge in [-0.25, -0.2) is 0 Å². The summed E-state index contributed by atoms with van der Waals surface area (Å²) in [6.45, 7) is 0. The van der Waals surface area contributed by atoms with Crippen molar-refractivity contribution in [3.63, 3.8) is 0 Å². The van der Waals surface area contributed by atoms with Crippen molar-refractivity contribution >= 4 is 43.1 Å². The maximum atomic E-state index is 2.45. The molecule has 374 valence electrons. The van der Waals surface area contributed by atoms with E-state index in [1.807, 2.05) is 0 Å². The third kappa shape index (κ3) is 8.30. The van der Waals surface area contributed by atoms with Crippen LogP contribution >= 0.6 is 0 Å². The number of rotatable bonds is 10. The molecule has 15 aromatic rings. The molecule has 80 heavy (non-hydrogen) atoms. The zero-order valence-corrected chi connectivity index (χ0v) is 43.9. The normalized spacial score (nSPS) is 11.5. The van der Waals surface area contributed by atoms with Crippen LogP contribution in [-0.4, -0.2) is 9.13 Å². The van der Waals surface area contributed by atoms with Crippen LogP contribution in [0.5, 0.6) is 0 Å². The molecule has 0 unspecified atom stereocenters. The van der Waals surface area contributed by atoms with Crippen molar-refractivity contribution in [1.29, 1.82) is 0 Å². The lowest BCUT2D eigenvalue weighted by molar-refractivity contribution is 1.10. The molecule has 0 amide bonds. The van der Waals surface area contributed by atoms with Gasteiger partial charge in [0, 0.05) is 11.4 Å². The van der Waals surface area contributed by atoms with Crippen LogP contribution in [0.25, 0.3) is 144 Å². The van der Waals surface area contributed by atoms with E-state index in [4.69, 9.17) is 0 Å². The van der Waals surface area contributed by atoms with Crippen molar-refractivity contribution in [2.75, 3.05) is 0 Å². The number of aromatic nitrogens is 2. The second-order valence-corrected chi connectivity index (χ2v) is 20.8. The van der Waals surface area contributed by atoms with Crippen molar-refractivity contribution in [3.8, 4) is 101 Å². The van der Waals surface area contributed by atoms with Crippen molar-refractivity contribution < 1.29 is 0 Å². The van der Waals surface area contributed by atoms with Crippen LogP contribution in [0.15, 0.2) is 315 Å². The van der Waals surface area contributed by atoms with E-state index in [1.165, 1.54) is 76.5 Å². The van der Waals surface area contributed by atoms with Crippen molar-refractivity contribution in [2.24, 2.45) is 0 Å². The zero-order chi connectivity index (χ0) is 52.9. The molecule has 2 heterocycles. The summed E-state index contributed by atoms with van der Waals surface area (Å²) in [5, 5.41) is 9.67. The lowest BCUT2D eigenvalue weighted by Crippen LogP contribution is -2.02. The Bertz CT molecular complexity index is 4340. The van der Waals surface area contributed by atoms with Gasteiger partial charge in [-0.15, -0.1) is 0 Å². The molecule has 13 aromatic carbocycles. The van der Waals surface area contributed by atoms with Gasteiger partial charge in [0.1, 0.15) is 0 Å². The summed E-state index contributed by atoms with van der Waals surface area (Å²) in [5.74, 6) is 0. The Labute approximate surface area is 466 Å². The second-order valence-electron chi connectivity index (χ2n) is 20.8. The molecule has 0 aliphatic carbocycles. The van der Waals surface area contributed by atoms with Gasteiger partial charge in [0.05, 0.1) is 22.8 Å². The minimum Gasteiger partial charge on any atom is -0.309 e. The van der Waals surface area contributed by atoms with E-state index in [0.29, 0.717) is 0 Å². The molecule has 0 radical (unpaired) electrons. The highest BCUT2D eigenvalue weighted by molar-refractivity contribution is 6.22. The summed E-state index contributed by atoms with van der Waals surface area (Å²) in [7, 11) is 0. The highest BCUT2D eigenvalue weighted by Gasteiger charge is 2.23. The van der Waals surface area contributed by atoms with E-state index < -0.39 is 0 Å². The molecule has 0 N–H and O–H groups in total. The number of hydrogen-bond donors (Lipinski definition) is 0. The second kappa shape index (κ2) is 19.8. The number of nitrogens with zero attached hydrogens (tertiary/aromatic N) is 2. The van der Waals surface area contributed by atoms with Crippen molar-refractivity contribution in [1.82, 2.24) is 9.13 Å². The molecular weight excluding hydrogens is 965 g/mol. The van der Waals surface area contributed by atoms with E-state index in [0.717, 1.165) is 67.5 Å². The number of benzene rings is 13. The fourth-order valence-electron chi connectivity index (χ4n) is 12.3. The van der Waals surface area contributed by atoms with E-state index in [2.05, 4.69) is 325 Å². The smallest absolute Gasteiger partial charge is 0.0535 e. The van der Waals surface area contributed by atoms with Crippen molar-refractivity contribution in [3.05, 3.63) is 315 Å². The summed E-state index contributed by atoms with van der Waals surface area (Å²) >= 11 is 0. The van der Waals surface area contributed by atoms with E-state index in [-0.39, 0.29) is 0 Å². The Morgan fingerprint density at radius 1 is 0.163 bits per heavy atom. The van der Waals surface area contributed by atoms with Gasteiger partial charge in [0.15, 0.2) is 0 Å². The molecular formula is C78H52N2. The molecule has 0 bridgehead atoms. The average Bonchev–Trinajstić information content (AvgIpc) is 4.27. The van der Waals surface area contributed by atoms with Crippen LogP contribution in [-0.2, 0) is 0 Å². The van der Waals surface area contributed by atoms with Crippen LogP contribution < -0.4 is 0 Å². The van der Waals surface area contributed by atoms with Gasteiger partial charge in [-0.1, -0.05) is 255 Å². The van der Waals surface area contributed by atoms with Crippen molar-refractivity contribution in [2.45, 2.75) is 0 Å². The first-order chi connectivity index (χ1) is 39.7. The minimum atomic E-state index is 1.09. The van der Waals surface area contributed by atoms with Crippen LogP contribution in [0, 0.1) is 0 Å². The Balaban J connectivity index is 1.02. The minimum absolute atomic E-state index is 1.09. The molecule has 0 spiro atoms. The molecule has 0 saturated heterocycles.